The molecule has 0 bridgehead atoms. The van der Waals surface area contributed by atoms with Gasteiger partial charge in [-0.3, -0.25) is 14.2 Å². The lowest BCUT2D eigenvalue weighted by molar-refractivity contribution is -0.118. The highest BCUT2D eigenvalue weighted by atomic mass is 35.5. The predicted octanol–water partition coefficient (Wildman–Crippen LogP) is 2.94. The molecule has 1 N–H and O–H groups in total. The molecule has 0 aliphatic carbocycles. The molecular weight excluding hydrogens is 358 g/mol. The van der Waals surface area contributed by atoms with Gasteiger partial charge in [0, 0.05) is 12.1 Å². The Hall–Kier alpha value is -2.31. The molecule has 1 heterocycles. The lowest BCUT2D eigenvalue weighted by Crippen LogP contribution is -2.25. The summed E-state index contributed by atoms with van der Waals surface area (Å²) in [7, 11) is 1.58. The number of nitrogens with one attached hydrogen (secondary N) is 1. The van der Waals surface area contributed by atoms with E-state index in [1.165, 1.54) is 11.8 Å². The molecule has 128 valence electrons. The highest BCUT2D eigenvalue weighted by Gasteiger charge is 2.13. The monoisotopic (exact) mass is 373 g/mol. The van der Waals surface area contributed by atoms with Gasteiger partial charge in [0.05, 0.1) is 23.2 Å². The van der Waals surface area contributed by atoms with Crippen molar-refractivity contribution < 1.29 is 4.79 Å². The van der Waals surface area contributed by atoms with E-state index in [2.05, 4.69) is 10.3 Å². The van der Waals surface area contributed by atoms with Gasteiger partial charge in [-0.25, -0.2) is 4.98 Å². The minimum absolute atomic E-state index is 0.128. The van der Waals surface area contributed by atoms with Gasteiger partial charge in [-0.05, 0) is 23.8 Å². The van der Waals surface area contributed by atoms with E-state index in [1.54, 1.807) is 29.8 Å². The van der Waals surface area contributed by atoms with E-state index in [0.29, 0.717) is 27.6 Å². The normalized spacial score (nSPS) is 10.8. The van der Waals surface area contributed by atoms with Crippen molar-refractivity contribution in [1.82, 2.24) is 14.9 Å². The second-order valence-corrected chi connectivity index (χ2v) is 6.77. The molecule has 0 unspecified atom stereocenters. The highest BCUT2D eigenvalue weighted by molar-refractivity contribution is 7.99. The van der Waals surface area contributed by atoms with E-state index in [-0.39, 0.29) is 17.2 Å². The quantitative estimate of drug-likeness (QED) is 0.551. The summed E-state index contributed by atoms with van der Waals surface area (Å²) in [4.78, 5) is 29.1. The van der Waals surface area contributed by atoms with Crippen molar-refractivity contribution in [1.29, 1.82) is 0 Å². The Kier molecular flexibility index (Phi) is 5.40. The average molecular weight is 374 g/mol. The van der Waals surface area contributed by atoms with Crippen LogP contribution in [0.4, 0.5) is 0 Å². The van der Waals surface area contributed by atoms with Gasteiger partial charge >= 0.3 is 0 Å². The lowest BCUT2D eigenvalue weighted by atomic mass is 10.2. The van der Waals surface area contributed by atoms with Gasteiger partial charge in [0.15, 0.2) is 5.16 Å². The first-order valence-electron chi connectivity index (χ1n) is 7.66. The summed E-state index contributed by atoms with van der Waals surface area (Å²) in [6, 6.07) is 14.7. The second kappa shape index (κ2) is 7.72. The molecule has 0 radical (unpaired) electrons. The maximum atomic E-state index is 12.9. The Bertz CT molecular complexity index is 973. The van der Waals surface area contributed by atoms with Gasteiger partial charge in [0.1, 0.15) is 0 Å². The zero-order chi connectivity index (χ0) is 17.8. The molecule has 5 nitrogen and oxygen atoms in total. The summed E-state index contributed by atoms with van der Waals surface area (Å²) >= 11 is 7.25. The van der Waals surface area contributed by atoms with Crippen LogP contribution < -0.4 is 10.9 Å². The van der Waals surface area contributed by atoms with Crippen LogP contribution in [-0.4, -0.2) is 28.3 Å². The first kappa shape index (κ1) is 17.5. The Labute approximate surface area is 154 Å². The van der Waals surface area contributed by atoms with Gasteiger partial charge in [-0.1, -0.05) is 53.7 Å². The number of carbonyl (C=O) groups is 1. The van der Waals surface area contributed by atoms with Crippen LogP contribution in [-0.2, 0) is 11.3 Å². The van der Waals surface area contributed by atoms with Crippen molar-refractivity contribution >= 4 is 40.2 Å². The van der Waals surface area contributed by atoms with Crippen LogP contribution in [0.5, 0.6) is 0 Å². The topological polar surface area (TPSA) is 64.0 Å². The Morgan fingerprint density at radius 2 is 2.00 bits per heavy atom. The number of aromatic nitrogens is 2. The molecule has 0 saturated carbocycles. The standard InChI is InChI=1S/C18H16ClN3O2S/c1-20-16(23)11-25-18-21-15-9-13(19)7-8-14(15)17(24)22(18)10-12-5-3-2-4-6-12/h2-9H,10-11H2,1H3,(H,20,23). The summed E-state index contributed by atoms with van der Waals surface area (Å²) < 4.78 is 1.60. The molecule has 1 amide bonds. The second-order valence-electron chi connectivity index (χ2n) is 5.39. The largest absolute Gasteiger partial charge is 0.358 e. The number of fused-ring (bicyclic) bond motifs is 1. The Morgan fingerprint density at radius 3 is 2.72 bits per heavy atom. The third kappa shape index (κ3) is 4.03. The average Bonchev–Trinajstić information content (AvgIpc) is 2.63. The smallest absolute Gasteiger partial charge is 0.262 e. The van der Waals surface area contributed by atoms with Gasteiger partial charge in [-0.2, -0.15) is 0 Å². The maximum Gasteiger partial charge on any atom is 0.262 e. The van der Waals surface area contributed by atoms with Gasteiger partial charge in [-0.15, -0.1) is 0 Å². The summed E-state index contributed by atoms with van der Waals surface area (Å²) in [5, 5.41) is 4.08. The molecule has 2 aromatic carbocycles. The molecule has 0 aliphatic heterocycles. The molecule has 0 spiro atoms. The number of carbonyl (C=O) groups excluding carboxylic acids is 1. The SMILES string of the molecule is CNC(=O)CSc1nc2cc(Cl)ccc2c(=O)n1Cc1ccccc1. The van der Waals surface area contributed by atoms with Gasteiger partial charge in [0.25, 0.3) is 5.56 Å². The number of nitrogens with zero attached hydrogens (tertiary/aromatic N) is 2. The maximum absolute atomic E-state index is 12.9. The number of hydrogen-bond donors (Lipinski definition) is 1. The third-order valence-electron chi connectivity index (χ3n) is 3.68. The number of hydrogen-bond acceptors (Lipinski definition) is 4. The molecule has 3 rings (SSSR count). The van der Waals surface area contributed by atoms with Crippen LogP contribution in [0.3, 0.4) is 0 Å². The zero-order valence-corrected chi connectivity index (χ0v) is 15.1. The summed E-state index contributed by atoms with van der Waals surface area (Å²) in [6.45, 7) is 0.390. The Balaban J connectivity index is 2.10. The molecule has 0 saturated heterocycles. The minimum Gasteiger partial charge on any atom is -0.358 e. The van der Waals surface area contributed by atoms with E-state index in [0.717, 1.165) is 5.56 Å². The van der Waals surface area contributed by atoms with Crippen molar-refractivity contribution in [2.75, 3.05) is 12.8 Å². The van der Waals surface area contributed by atoms with Crippen LogP contribution in [0.15, 0.2) is 58.5 Å². The van der Waals surface area contributed by atoms with E-state index < -0.39 is 0 Å². The fourth-order valence-electron chi connectivity index (χ4n) is 2.39. The number of benzene rings is 2. The lowest BCUT2D eigenvalue weighted by Gasteiger charge is -2.13. The van der Waals surface area contributed by atoms with Crippen LogP contribution in [0.2, 0.25) is 5.02 Å². The molecule has 3 aromatic rings. The third-order valence-corrected chi connectivity index (χ3v) is 4.89. The van der Waals surface area contributed by atoms with Gasteiger partial charge in [0.2, 0.25) is 5.91 Å². The van der Waals surface area contributed by atoms with Crippen molar-refractivity contribution in [3.63, 3.8) is 0 Å². The molecule has 1 aromatic heterocycles. The fourth-order valence-corrected chi connectivity index (χ4v) is 3.43. The summed E-state index contributed by atoms with van der Waals surface area (Å²) in [6.07, 6.45) is 0. The zero-order valence-electron chi connectivity index (χ0n) is 13.5. The Morgan fingerprint density at radius 1 is 1.24 bits per heavy atom. The molecule has 7 heteroatoms. The molecule has 0 atom stereocenters. The van der Waals surface area contributed by atoms with E-state index >= 15 is 0 Å². The van der Waals surface area contributed by atoms with E-state index in [9.17, 15) is 9.59 Å². The summed E-state index contributed by atoms with van der Waals surface area (Å²) in [5.74, 6) is 0.0563. The van der Waals surface area contributed by atoms with E-state index in [1.807, 2.05) is 30.3 Å². The fraction of sp³-hybridized carbons (Fsp3) is 0.167. The molecule has 0 aliphatic rings. The number of amides is 1. The van der Waals surface area contributed by atoms with Crippen LogP contribution in [0.25, 0.3) is 10.9 Å². The number of thioether (sulfide) groups is 1. The van der Waals surface area contributed by atoms with Crippen LogP contribution >= 0.6 is 23.4 Å². The van der Waals surface area contributed by atoms with Crippen LogP contribution in [0.1, 0.15) is 5.56 Å². The number of halogens is 1. The molecular formula is C18H16ClN3O2S. The van der Waals surface area contributed by atoms with Crippen molar-refractivity contribution in [2.45, 2.75) is 11.7 Å². The first-order valence-corrected chi connectivity index (χ1v) is 9.02. The molecule has 0 fully saturated rings. The van der Waals surface area contributed by atoms with Crippen molar-refractivity contribution in [2.24, 2.45) is 0 Å². The predicted molar refractivity (Wildman–Crippen MR) is 101 cm³/mol. The first-order chi connectivity index (χ1) is 12.1. The molecule has 25 heavy (non-hydrogen) atoms. The van der Waals surface area contributed by atoms with Crippen molar-refractivity contribution in [3.8, 4) is 0 Å². The van der Waals surface area contributed by atoms with Gasteiger partial charge < -0.3 is 5.32 Å². The summed E-state index contributed by atoms with van der Waals surface area (Å²) in [5.41, 5.74) is 1.37. The highest BCUT2D eigenvalue weighted by Crippen LogP contribution is 2.21. The van der Waals surface area contributed by atoms with Crippen LogP contribution in [0, 0.1) is 0 Å². The minimum atomic E-state index is -0.148. The van der Waals surface area contributed by atoms with E-state index in [4.69, 9.17) is 11.6 Å². The van der Waals surface area contributed by atoms with Crippen molar-refractivity contribution in [3.05, 3.63) is 69.5 Å². The number of rotatable bonds is 5.